The summed E-state index contributed by atoms with van der Waals surface area (Å²) in [5.41, 5.74) is 2.14. The first kappa shape index (κ1) is 32.8. The van der Waals surface area contributed by atoms with Gasteiger partial charge in [0.2, 0.25) is 5.92 Å². The van der Waals surface area contributed by atoms with E-state index in [-0.39, 0.29) is 13.0 Å². The van der Waals surface area contributed by atoms with Crippen LogP contribution >= 0.6 is 0 Å². The van der Waals surface area contributed by atoms with Crippen molar-refractivity contribution in [3.63, 3.8) is 0 Å². The molecule has 3 heterocycles. The van der Waals surface area contributed by atoms with Gasteiger partial charge in [-0.05, 0) is 51.3 Å². The van der Waals surface area contributed by atoms with E-state index < -0.39 is 59.4 Å². The summed E-state index contributed by atoms with van der Waals surface area (Å²) in [5, 5.41) is 6.57. The van der Waals surface area contributed by atoms with Gasteiger partial charge in [-0.3, -0.25) is 0 Å². The van der Waals surface area contributed by atoms with Crippen LogP contribution in [0.5, 0.6) is 0 Å². The molecule has 2 amide bonds. The maximum atomic E-state index is 14.6. The summed E-state index contributed by atoms with van der Waals surface area (Å²) in [6.45, 7) is 7.73. The summed E-state index contributed by atoms with van der Waals surface area (Å²) >= 11 is 0. The van der Waals surface area contributed by atoms with E-state index in [1.807, 2.05) is 32.9 Å². The summed E-state index contributed by atoms with van der Waals surface area (Å²) in [5.74, 6) is -6.19. The van der Waals surface area contributed by atoms with E-state index in [0.717, 1.165) is 28.5 Å². The summed E-state index contributed by atoms with van der Waals surface area (Å²) in [7, 11) is -0.367. The summed E-state index contributed by atoms with van der Waals surface area (Å²) in [6, 6.07) is 2.99. The number of carbonyl (C=O) groups excluding carboxylic acids is 1. The van der Waals surface area contributed by atoms with Gasteiger partial charge in [0.25, 0.3) is 5.92 Å². The first-order chi connectivity index (χ1) is 19.9. The molecule has 4 rings (SSSR count). The van der Waals surface area contributed by atoms with Crippen molar-refractivity contribution < 1.29 is 31.3 Å². The summed E-state index contributed by atoms with van der Waals surface area (Å²) in [6.07, 6.45) is 2.87. The second kappa shape index (κ2) is 12.1. The molecule has 1 aliphatic heterocycles. The predicted octanol–water partition coefficient (Wildman–Crippen LogP) is 5.43. The van der Waals surface area contributed by atoms with E-state index in [1.54, 1.807) is 12.3 Å². The third kappa shape index (κ3) is 7.18. The van der Waals surface area contributed by atoms with Gasteiger partial charge < -0.3 is 15.0 Å². The predicted molar refractivity (Wildman–Crippen MR) is 155 cm³/mol. The van der Waals surface area contributed by atoms with Crippen molar-refractivity contribution in [1.82, 2.24) is 29.5 Å². The van der Waals surface area contributed by atoms with Crippen molar-refractivity contribution in [2.24, 2.45) is 5.41 Å². The number of hydrogen-bond donors (Lipinski definition) is 2. The largest absolute Gasteiger partial charge is 0.382 e. The van der Waals surface area contributed by atoms with Crippen molar-refractivity contribution in [1.29, 1.82) is 0 Å². The number of amides is 2. The number of aromatic nitrogens is 3. The molecule has 0 bridgehead atoms. The smallest absolute Gasteiger partial charge is 0.318 e. The molecule has 0 saturated carbocycles. The number of rotatable bonds is 11. The first-order valence-corrected chi connectivity index (χ1v) is 15.0. The normalized spacial score (nSPS) is 18.0. The number of carbonyl (C=O) groups is 1. The van der Waals surface area contributed by atoms with E-state index >= 15 is 0 Å². The van der Waals surface area contributed by atoms with Gasteiger partial charge in [-0.15, -0.1) is 0 Å². The molecule has 9 nitrogen and oxygen atoms in total. The van der Waals surface area contributed by atoms with Gasteiger partial charge >= 0.3 is 6.03 Å². The van der Waals surface area contributed by atoms with E-state index in [1.165, 1.54) is 31.7 Å². The Kier molecular flexibility index (Phi) is 9.25. The number of ether oxygens (including phenoxy) is 1. The second-order valence-electron chi connectivity index (χ2n) is 12.0. The van der Waals surface area contributed by atoms with Gasteiger partial charge in [-0.25, -0.2) is 40.8 Å². The van der Waals surface area contributed by atoms with Crippen LogP contribution in [-0.2, 0) is 15.7 Å². The molecule has 0 radical (unpaired) electrons. The third-order valence-corrected chi connectivity index (χ3v) is 9.42. The van der Waals surface area contributed by atoms with E-state index in [2.05, 4.69) is 20.1 Å². The highest BCUT2D eigenvalue weighted by atomic mass is 32.2. The zero-order valence-corrected chi connectivity index (χ0v) is 26.1. The topological polar surface area (TPSA) is 101 Å². The van der Waals surface area contributed by atoms with Crippen LogP contribution in [0, 0.1) is 26.2 Å². The number of hydrogen-bond acceptors (Lipinski definition) is 5. The Morgan fingerprint density at radius 1 is 1.16 bits per heavy atom. The number of imidazole rings is 1. The van der Waals surface area contributed by atoms with E-state index in [9.17, 15) is 26.6 Å². The fourth-order valence-corrected chi connectivity index (χ4v) is 6.55. The molecule has 14 heteroatoms. The number of urea groups is 1. The molecule has 1 fully saturated rings. The Bertz CT molecular complexity index is 1500. The number of benzene rings is 1. The monoisotopic (exact) mass is 626 g/mol. The number of halogens is 4. The first-order valence-electron chi connectivity index (χ1n) is 13.8. The lowest BCUT2D eigenvalue weighted by atomic mass is 9.80. The number of aryl methyl sites for hydroxylation is 3. The number of fused-ring (bicyclic) bond motifs is 1. The molecule has 1 unspecified atom stereocenters. The highest BCUT2D eigenvalue weighted by Crippen LogP contribution is 2.43. The third-order valence-electron chi connectivity index (χ3n) is 7.91. The van der Waals surface area contributed by atoms with E-state index in [0.29, 0.717) is 21.8 Å². The molecule has 1 aliphatic rings. The van der Waals surface area contributed by atoms with Crippen LogP contribution in [0.4, 0.5) is 22.4 Å². The fraction of sp³-hybridized carbons (Fsp3) is 0.552. The lowest BCUT2D eigenvalue weighted by Crippen LogP contribution is -2.58. The molecule has 1 saturated heterocycles. The van der Waals surface area contributed by atoms with Gasteiger partial charge in [-0.1, -0.05) is 31.5 Å². The molecule has 0 aliphatic carbocycles. The minimum atomic E-state index is -3.13. The lowest BCUT2D eigenvalue weighted by molar-refractivity contribution is -0.0954. The Morgan fingerprint density at radius 2 is 1.81 bits per heavy atom. The highest BCUT2D eigenvalue weighted by Gasteiger charge is 2.45. The maximum absolute atomic E-state index is 14.6. The van der Waals surface area contributed by atoms with Gasteiger partial charge in [0.1, 0.15) is 11.0 Å². The average molecular weight is 627 g/mol. The molecular weight excluding hydrogens is 588 g/mol. The number of nitrogens with zero attached hydrogens (tertiary/aromatic N) is 4. The molecule has 3 aromatic rings. The van der Waals surface area contributed by atoms with E-state index in [4.69, 9.17) is 4.74 Å². The van der Waals surface area contributed by atoms with Crippen LogP contribution in [-0.4, -0.2) is 68.4 Å². The van der Waals surface area contributed by atoms with Crippen LogP contribution in [0.2, 0.25) is 0 Å². The van der Waals surface area contributed by atoms with Crippen molar-refractivity contribution in [2.75, 3.05) is 26.8 Å². The SMILES string of the molecule is COC[C@H](c1cnn2cc([C@H](CC(C)(C)C(C)(F)F)NS(=O)c3c(C)cc(C)cc3C)nc2c1)N1CC(F)(F)CNC1=O. The minimum absolute atomic E-state index is 0.0763. The Balaban J connectivity index is 1.73. The number of alkyl halides is 4. The Morgan fingerprint density at radius 3 is 2.42 bits per heavy atom. The fourth-order valence-electron chi connectivity index (χ4n) is 5.26. The van der Waals surface area contributed by atoms with Crippen molar-refractivity contribution in [3.05, 3.63) is 58.5 Å². The standard InChI is InChI=1S/C29H38F4N6O3S/c1-17-8-18(2)25(19(3)9-17)43(41)37-21(11-27(4,5)28(6,30)31)22-13-39-24(36-22)10-20(12-35-39)23(14-42-7)38-16-29(32,33)15-34-26(38)40/h8-10,12-13,21,23,37H,11,14-16H2,1-7H3,(H,34,40)/t21-,23+,43?/m0/s1. The molecule has 43 heavy (non-hydrogen) atoms. The van der Waals surface area contributed by atoms with Crippen molar-refractivity contribution in [2.45, 2.75) is 76.8 Å². The molecule has 1 aromatic carbocycles. The maximum Gasteiger partial charge on any atom is 0.318 e. The Hall–Kier alpha value is -3.10. The quantitative estimate of drug-likeness (QED) is 0.277. The molecule has 2 N–H and O–H groups in total. The molecule has 0 spiro atoms. The molecular formula is C29H38F4N6O3S. The van der Waals surface area contributed by atoms with Crippen LogP contribution in [0.1, 0.15) is 67.2 Å². The molecule has 236 valence electrons. The number of methoxy groups -OCH3 is 1. The van der Waals surface area contributed by atoms with Crippen molar-refractivity contribution in [3.8, 4) is 0 Å². The summed E-state index contributed by atoms with van der Waals surface area (Å²) in [4.78, 5) is 18.7. The van der Waals surface area contributed by atoms with Gasteiger partial charge in [0, 0.05) is 18.1 Å². The van der Waals surface area contributed by atoms with Crippen LogP contribution in [0.25, 0.3) is 5.65 Å². The summed E-state index contributed by atoms with van der Waals surface area (Å²) < 4.78 is 81.0. The van der Waals surface area contributed by atoms with Crippen LogP contribution < -0.4 is 10.0 Å². The second-order valence-corrected chi connectivity index (χ2v) is 13.2. The number of nitrogens with one attached hydrogen (secondary N) is 2. The lowest BCUT2D eigenvalue weighted by Gasteiger charge is -2.38. The van der Waals surface area contributed by atoms with Crippen LogP contribution in [0.15, 0.2) is 35.5 Å². The van der Waals surface area contributed by atoms with Gasteiger partial charge in [-0.2, -0.15) is 5.10 Å². The van der Waals surface area contributed by atoms with Crippen molar-refractivity contribution >= 4 is 22.7 Å². The molecule has 3 atom stereocenters. The highest BCUT2D eigenvalue weighted by molar-refractivity contribution is 7.83. The zero-order chi connectivity index (χ0) is 31.9. The zero-order valence-electron chi connectivity index (χ0n) is 25.3. The molecule has 2 aromatic heterocycles. The van der Waals surface area contributed by atoms with Crippen LogP contribution in [0.3, 0.4) is 0 Å². The van der Waals surface area contributed by atoms with Gasteiger partial charge in [0.15, 0.2) is 5.65 Å². The van der Waals surface area contributed by atoms with Gasteiger partial charge in [0.05, 0.1) is 54.8 Å². The minimum Gasteiger partial charge on any atom is -0.382 e. The Labute approximate surface area is 251 Å². The average Bonchev–Trinajstić information content (AvgIpc) is 3.30.